The van der Waals surface area contributed by atoms with Gasteiger partial charge in [-0.1, -0.05) is 6.92 Å². The van der Waals surface area contributed by atoms with Crippen molar-refractivity contribution >= 4 is 27.4 Å². The van der Waals surface area contributed by atoms with Crippen molar-refractivity contribution in [1.29, 1.82) is 0 Å². The second-order valence-corrected chi connectivity index (χ2v) is 6.07. The van der Waals surface area contributed by atoms with E-state index in [4.69, 9.17) is 5.73 Å². The van der Waals surface area contributed by atoms with E-state index in [1.54, 1.807) is 6.20 Å². The monoisotopic (exact) mass is 312 g/mol. The summed E-state index contributed by atoms with van der Waals surface area (Å²) in [5.74, 6) is 1.53. The predicted octanol–water partition coefficient (Wildman–Crippen LogP) is 2.49. The lowest BCUT2D eigenvalue weighted by molar-refractivity contribution is 0.206. The van der Waals surface area contributed by atoms with Crippen LogP contribution in [-0.4, -0.2) is 36.1 Å². The maximum atomic E-state index is 5.84. The lowest BCUT2D eigenvalue weighted by Gasteiger charge is -2.35. The summed E-state index contributed by atoms with van der Waals surface area (Å²) < 4.78 is 0.980. The first kappa shape index (κ1) is 13.6. The zero-order chi connectivity index (χ0) is 13.3. The van der Waals surface area contributed by atoms with Crippen molar-refractivity contribution in [3.05, 3.63) is 16.2 Å². The van der Waals surface area contributed by atoms with Gasteiger partial charge in [-0.2, -0.15) is 0 Å². The fraction of sp³-hybridized carbons (Fsp3) is 0.615. The Hall–Kier alpha value is -0.810. The highest BCUT2D eigenvalue weighted by molar-refractivity contribution is 9.10. The summed E-state index contributed by atoms with van der Waals surface area (Å²) in [6, 6.07) is 0.480. The Bertz CT molecular complexity index is 435. The number of hydrogen-bond donors (Lipinski definition) is 2. The van der Waals surface area contributed by atoms with Gasteiger partial charge in [-0.3, -0.25) is 0 Å². The molecule has 18 heavy (non-hydrogen) atoms. The molecule has 0 aromatic carbocycles. The zero-order valence-corrected chi connectivity index (χ0v) is 12.8. The molecule has 5 heteroatoms. The van der Waals surface area contributed by atoms with Crippen LogP contribution in [0.15, 0.2) is 10.7 Å². The fourth-order valence-corrected chi connectivity index (χ4v) is 2.88. The molecule has 2 heterocycles. The van der Waals surface area contributed by atoms with Gasteiger partial charge in [0.15, 0.2) is 0 Å². The second kappa shape index (κ2) is 5.45. The predicted molar refractivity (Wildman–Crippen MR) is 79.8 cm³/mol. The number of nitrogen functional groups attached to an aromatic ring is 1. The van der Waals surface area contributed by atoms with Gasteiger partial charge in [0.2, 0.25) is 0 Å². The van der Waals surface area contributed by atoms with Crippen LogP contribution in [0.25, 0.3) is 0 Å². The molecule has 0 saturated carbocycles. The van der Waals surface area contributed by atoms with E-state index in [1.807, 2.05) is 6.92 Å². The molecule has 1 aliphatic rings. The Morgan fingerprint density at radius 2 is 2.28 bits per heavy atom. The third kappa shape index (κ3) is 2.78. The van der Waals surface area contributed by atoms with E-state index in [9.17, 15) is 0 Å². The molecule has 4 nitrogen and oxygen atoms in total. The van der Waals surface area contributed by atoms with Gasteiger partial charge in [0.25, 0.3) is 0 Å². The topological polar surface area (TPSA) is 54.2 Å². The molecule has 0 radical (unpaired) electrons. The molecule has 1 saturated heterocycles. The number of anilines is 2. The highest BCUT2D eigenvalue weighted by Crippen LogP contribution is 2.30. The maximum absolute atomic E-state index is 5.84. The van der Waals surface area contributed by atoms with Crippen LogP contribution in [0.3, 0.4) is 0 Å². The molecule has 2 atom stereocenters. The first-order valence-corrected chi connectivity index (χ1v) is 7.14. The smallest absolute Gasteiger partial charge is 0.140 e. The summed E-state index contributed by atoms with van der Waals surface area (Å²) in [5.41, 5.74) is 7.62. The maximum Gasteiger partial charge on any atom is 0.140 e. The van der Waals surface area contributed by atoms with E-state index in [0.29, 0.717) is 12.0 Å². The largest absolute Gasteiger partial charge is 0.397 e. The molecular weight excluding hydrogens is 292 g/mol. The van der Waals surface area contributed by atoms with Crippen molar-refractivity contribution in [2.75, 3.05) is 31.2 Å². The number of nitrogens with one attached hydrogen (secondary N) is 1. The normalized spacial score (nSPS) is 25.1. The molecule has 1 fully saturated rings. The highest BCUT2D eigenvalue weighted by Gasteiger charge is 2.25. The Labute approximate surface area is 117 Å². The SMILES string of the molecule is Cc1c(N)cnc(NC2CCN(C)CC2C)c1Br. The molecule has 1 aromatic heterocycles. The molecule has 3 N–H and O–H groups in total. The Balaban J connectivity index is 2.12. The third-order valence-corrected chi connectivity index (χ3v) is 4.70. The molecule has 2 rings (SSSR count). The number of pyridine rings is 1. The summed E-state index contributed by atoms with van der Waals surface area (Å²) in [4.78, 5) is 6.76. The lowest BCUT2D eigenvalue weighted by Crippen LogP contribution is -2.43. The number of aromatic nitrogens is 1. The number of nitrogens with zero attached hydrogens (tertiary/aromatic N) is 2. The van der Waals surface area contributed by atoms with Gasteiger partial charge in [0, 0.05) is 12.6 Å². The number of hydrogen-bond acceptors (Lipinski definition) is 4. The molecule has 1 aromatic rings. The quantitative estimate of drug-likeness (QED) is 0.881. The third-order valence-electron chi connectivity index (χ3n) is 3.73. The van der Waals surface area contributed by atoms with Crippen molar-refractivity contribution in [3.8, 4) is 0 Å². The number of rotatable bonds is 2. The summed E-state index contributed by atoms with van der Waals surface area (Å²) in [5, 5.41) is 3.55. The van der Waals surface area contributed by atoms with E-state index < -0.39 is 0 Å². The Morgan fingerprint density at radius 1 is 1.56 bits per heavy atom. The molecule has 2 unspecified atom stereocenters. The minimum Gasteiger partial charge on any atom is -0.397 e. The Kier molecular flexibility index (Phi) is 4.12. The van der Waals surface area contributed by atoms with Gasteiger partial charge >= 0.3 is 0 Å². The minimum atomic E-state index is 0.480. The van der Waals surface area contributed by atoms with E-state index >= 15 is 0 Å². The lowest BCUT2D eigenvalue weighted by atomic mass is 9.94. The molecule has 1 aliphatic heterocycles. The molecule has 100 valence electrons. The molecule has 0 spiro atoms. The van der Waals surface area contributed by atoms with Crippen molar-refractivity contribution in [2.45, 2.75) is 26.3 Å². The molecule has 0 aliphatic carbocycles. The molecule has 0 amide bonds. The first-order chi connectivity index (χ1) is 8.49. The average molecular weight is 313 g/mol. The second-order valence-electron chi connectivity index (χ2n) is 5.28. The van der Waals surface area contributed by atoms with Crippen LogP contribution in [0.4, 0.5) is 11.5 Å². The van der Waals surface area contributed by atoms with Crippen molar-refractivity contribution in [1.82, 2.24) is 9.88 Å². The van der Waals surface area contributed by atoms with Gasteiger partial charge in [0.1, 0.15) is 5.82 Å². The number of halogens is 1. The van der Waals surface area contributed by atoms with Crippen LogP contribution >= 0.6 is 15.9 Å². The number of nitrogens with two attached hydrogens (primary N) is 1. The van der Waals surface area contributed by atoms with E-state index in [2.05, 4.69) is 45.1 Å². The fourth-order valence-electron chi connectivity index (χ4n) is 2.44. The summed E-state index contributed by atoms with van der Waals surface area (Å²) in [6.45, 7) is 6.55. The van der Waals surface area contributed by atoms with Crippen LogP contribution in [0.2, 0.25) is 0 Å². The molecule has 0 bridgehead atoms. The van der Waals surface area contributed by atoms with Crippen molar-refractivity contribution < 1.29 is 0 Å². The minimum absolute atomic E-state index is 0.480. The highest BCUT2D eigenvalue weighted by atomic mass is 79.9. The summed E-state index contributed by atoms with van der Waals surface area (Å²) >= 11 is 3.57. The Morgan fingerprint density at radius 3 is 2.94 bits per heavy atom. The summed E-state index contributed by atoms with van der Waals surface area (Å²) in [7, 11) is 2.17. The standard InChI is InChI=1S/C13H21BrN4/c1-8-7-18(3)5-4-11(8)17-13-12(14)9(2)10(15)6-16-13/h6,8,11H,4-5,7,15H2,1-3H3,(H,16,17). The first-order valence-electron chi connectivity index (χ1n) is 6.34. The van der Waals surface area contributed by atoms with Crippen LogP contribution < -0.4 is 11.1 Å². The van der Waals surface area contributed by atoms with E-state index in [0.717, 1.165) is 41.1 Å². The van der Waals surface area contributed by atoms with Gasteiger partial charge in [-0.25, -0.2) is 4.98 Å². The average Bonchev–Trinajstić information content (AvgIpc) is 2.33. The van der Waals surface area contributed by atoms with Crippen molar-refractivity contribution in [2.24, 2.45) is 5.92 Å². The van der Waals surface area contributed by atoms with Crippen LogP contribution in [0, 0.1) is 12.8 Å². The number of piperidine rings is 1. The van der Waals surface area contributed by atoms with Gasteiger partial charge in [-0.05, 0) is 54.3 Å². The number of likely N-dealkylation sites (tertiary alicyclic amines) is 1. The van der Waals surface area contributed by atoms with Crippen LogP contribution in [-0.2, 0) is 0 Å². The van der Waals surface area contributed by atoms with Crippen LogP contribution in [0.1, 0.15) is 18.9 Å². The zero-order valence-electron chi connectivity index (χ0n) is 11.2. The summed E-state index contributed by atoms with van der Waals surface area (Å²) in [6.07, 6.45) is 2.87. The van der Waals surface area contributed by atoms with Crippen LogP contribution in [0.5, 0.6) is 0 Å². The van der Waals surface area contributed by atoms with E-state index in [1.165, 1.54) is 0 Å². The van der Waals surface area contributed by atoms with Crippen molar-refractivity contribution in [3.63, 3.8) is 0 Å². The van der Waals surface area contributed by atoms with Gasteiger partial charge in [-0.15, -0.1) is 0 Å². The molecular formula is C13H21BrN4. The van der Waals surface area contributed by atoms with Gasteiger partial charge in [0.05, 0.1) is 16.4 Å². The van der Waals surface area contributed by atoms with E-state index in [-0.39, 0.29) is 0 Å². The van der Waals surface area contributed by atoms with Gasteiger partial charge < -0.3 is 16.0 Å².